The average Bonchev–Trinajstić information content (AvgIpc) is 3.36. The quantitative estimate of drug-likeness (QED) is 0.136. The van der Waals surface area contributed by atoms with Crippen molar-refractivity contribution in [1.82, 2.24) is 10.3 Å². The normalized spacial score (nSPS) is 11.9. The van der Waals surface area contributed by atoms with Crippen molar-refractivity contribution in [1.29, 1.82) is 0 Å². The molecule has 40 heavy (non-hydrogen) atoms. The van der Waals surface area contributed by atoms with E-state index in [0.717, 1.165) is 10.6 Å². The molecular formula is C29H24Cl2N4O3S2. The predicted octanol–water partition coefficient (Wildman–Crippen LogP) is 7.29. The van der Waals surface area contributed by atoms with Crippen LogP contribution in [0.4, 0.5) is 10.8 Å². The van der Waals surface area contributed by atoms with Crippen molar-refractivity contribution in [3.8, 4) is 0 Å². The zero-order valence-corrected chi connectivity index (χ0v) is 24.5. The van der Waals surface area contributed by atoms with Crippen molar-refractivity contribution in [3.05, 3.63) is 111 Å². The van der Waals surface area contributed by atoms with E-state index in [1.165, 1.54) is 29.2 Å². The van der Waals surface area contributed by atoms with E-state index >= 15 is 0 Å². The summed E-state index contributed by atoms with van der Waals surface area (Å²) in [5.41, 5.74) is 2.20. The van der Waals surface area contributed by atoms with E-state index in [9.17, 15) is 14.4 Å². The molecule has 1 unspecified atom stereocenters. The van der Waals surface area contributed by atoms with E-state index in [-0.39, 0.29) is 21.9 Å². The smallest absolute Gasteiger partial charge is 0.272 e. The summed E-state index contributed by atoms with van der Waals surface area (Å²) < 4.78 is 0. The van der Waals surface area contributed by atoms with Gasteiger partial charge in [0.05, 0.1) is 21.0 Å². The van der Waals surface area contributed by atoms with E-state index in [1.807, 2.05) is 19.2 Å². The van der Waals surface area contributed by atoms with E-state index in [0.29, 0.717) is 27.0 Å². The Morgan fingerprint density at radius 2 is 1.68 bits per heavy atom. The number of thiazole rings is 1. The van der Waals surface area contributed by atoms with Gasteiger partial charge in [-0.3, -0.25) is 14.4 Å². The van der Waals surface area contributed by atoms with Gasteiger partial charge in [0.15, 0.2) is 5.13 Å². The van der Waals surface area contributed by atoms with Gasteiger partial charge in [0.2, 0.25) is 5.91 Å². The number of aryl methyl sites for hydroxylation is 1. The highest BCUT2D eigenvalue weighted by Crippen LogP contribution is 2.28. The molecule has 0 aliphatic rings. The van der Waals surface area contributed by atoms with Crippen molar-refractivity contribution in [3.63, 3.8) is 0 Å². The number of anilines is 2. The number of carbonyl (C=O) groups excluding carboxylic acids is 3. The van der Waals surface area contributed by atoms with Gasteiger partial charge in [-0.2, -0.15) is 0 Å². The summed E-state index contributed by atoms with van der Waals surface area (Å²) in [4.78, 5) is 43.7. The Morgan fingerprint density at radius 3 is 2.35 bits per heavy atom. The van der Waals surface area contributed by atoms with Gasteiger partial charge in [0.1, 0.15) is 5.70 Å². The molecular weight excluding hydrogens is 587 g/mol. The van der Waals surface area contributed by atoms with Crippen LogP contribution in [0.25, 0.3) is 6.08 Å². The van der Waals surface area contributed by atoms with Crippen LogP contribution in [0.1, 0.15) is 28.5 Å². The summed E-state index contributed by atoms with van der Waals surface area (Å²) in [5, 5.41) is 10.9. The van der Waals surface area contributed by atoms with Crippen molar-refractivity contribution >= 4 is 80.9 Å². The summed E-state index contributed by atoms with van der Waals surface area (Å²) in [5.74, 6) is -1.15. The van der Waals surface area contributed by atoms with Crippen LogP contribution in [0.15, 0.2) is 88.8 Å². The summed E-state index contributed by atoms with van der Waals surface area (Å²) >= 11 is 15.2. The molecule has 1 atom stereocenters. The molecule has 11 heteroatoms. The number of amides is 3. The third kappa shape index (κ3) is 7.95. The maximum absolute atomic E-state index is 13.3. The number of halogens is 2. The lowest BCUT2D eigenvalue weighted by atomic mass is 10.1. The van der Waals surface area contributed by atoms with Crippen LogP contribution in [0, 0.1) is 6.92 Å². The molecule has 204 valence electrons. The average molecular weight is 612 g/mol. The molecule has 0 saturated carbocycles. The Balaban J connectivity index is 1.46. The van der Waals surface area contributed by atoms with Crippen LogP contribution in [0.5, 0.6) is 0 Å². The minimum atomic E-state index is -0.549. The minimum Gasteiger partial charge on any atom is -0.321 e. The molecule has 0 aliphatic heterocycles. The van der Waals surface area contributed by atoms with Gasteiger partial charge in [0.25, 0.3) is 11.8 Å². The van der Waals surface area contributed by atoms with Gasteiger partial charge in [-0.15, -0.1) is 23.1 Å². The van der Waals surface area contributed by atoms with Crippen LogP contribution < -0.4 is 16.0 Å². The highest BCUT2D eigenvalue weighted by molar-refractivity contribution is 8.00. The van der Waals surface area contributed by atoms with Crippen molar-refractivity contribution in [2.45, 2.75) is 24.0 Å². The lowest BCUT2D eigenvalue weighted by Gasteiger charge is -2.13. The summed E-state index contributed by atoms with van der Waals surface area (Å²) in [6.07, 6.45) is 1.47. The molecule has 0 spiro atoms. The third-order valence-corrected chi connectivity index (χ3v) is 8.27. The lowest BCUT2D eigenvalue weighted by molar-refractivity contribution is -0.115. The van der Waals surface area contributed by atoms with Gasteiger partial charge in [-0.25, -0.2) is 4.98 Å². The Bertz CT molecular complexity index is 1560. The summed E-state index contributed by atoms with van der Waals surface area (Å²) in [7, 11) is 0. The molecule has 4 aromatic rings. The SMILES string of the molecule is Cc1csc(NC(=O)C(C)Sc2ccc(NC(=O)/C(=C/c3cccc(Cl)c3Cl)NC(=O)c3ccccc3)cc2)n1. The molecule has 0 bridgehead atoms. The lowest BCUT2D eigenvalue weighted by Crippen LogP contribution is -2.30. The van der Waals surface area contributed by atoms with Gasteiger partial charge in [-0.1, -0.05) is 53.5 Å². The zero-order valence-electron chi connectivity index (χ0n) is 21.4. The Morgan fingerprint density at radius 1 is 0.950 bits per heavy atom. The third-order valence-electron chi connectivity index (χ3n) is 5.45. The number of aromatic nitrogens is 1. The first-order chi connectivity index (χ1) is 19.2. The first-order valence-electron chi connectivity index (χ1n) is 12.0. The standard InChI is InChI=1S/C29H24Cl2N4O3S2/c1-17-16-39-29(32-17)35-26(36)18(2)40-22-13-11-21(12-14-22)33-28(38)24(15-20-9-6-10-23(30)25(20)31)34-27(37)19-7-4-3-5-8-19/h3-16,18H,1-2H3,(H,33,38)(H,34,37)(H,32,35,36)/b24-15-. The van der Waals surface area contributed by atoms with Gasteiger partial charge < -0.3 is 16.0 Å². The number of nitrogens with one attached hydrogen (secondary N) is 3. The summed E-state index contributed by atoms with van der Waals surface area (Å²) in [6, 6.07) is 20.6. The number of carbonyl (C=O) groups is 3. The fourth-order valence-electron chi connectivity index (χ4n) is 3.42. The van der Waals surface area contributed by atoms with E-state index in [1.54, 1.807) is 72.8 Å². The van der Waals surface area contributed by atoms with Crippen molar-refractivity contribution < 1.29 is 14.4 Å². The van der Waals surface area contributed by atoms with Crippen LogP contribution in [0.2, 0.25) is 10.0 Å². The fourth-order valence-corrected chi connectivity index (χ4v) is 5.34. The molecule has 0 aliphatic carbocycles. The first-order valence-corrected chi connectivity index (χ1v) is 14.5. The van der Waals surface area contributed by atoms with E-state index in [4.69, 9.17) is 23.2 Å². The Kier molecular flexibility index (Phi) is 10.0. The topological polar surface area (TPSA) is 100 Å². The second kappa shape index (κ2) is 13.6. The second-order valence-corrected chi connectivity index (χ2v) is 11.6. The molecule has 3 aromatic carbocycles. The van der Waals surface area contributed by atoms with Crippen molar-refractivity contribution in [2.75, 3.05) is 10.6 Å². The fraction of sp³-hybridized carbons (Fsp3) is 0.103. The number of rotatable bonds is 9. The molecule has 1 aromatic heterocycles. The van der Waals surface area contributed by atoms with Crippen LogP contribution in [-0.2, 0) is 9.59 Å². The molecule has 3 amide bonds. The maximum Gasteiger partial charge on any atom is 0.272 e. The summed E-state index contributed by atoms with van der Waals surface area (Å²) in [6.45, 7) is 3.68. The van der Waals surface area contributed by atoms with E-state index < -0.39 is 11.8 Å². The first kappa shape index (κ1) is 29.4. The van der Waals surface area contributed by atoms with Gasteiger partial charge >= 0.3 is 0 Å². The minimum absolute atomic E-state index is 0.0146. The van der Waals surface area contributed by atoms with Crippen LogP contribution in [0.3, 0.4) is 0 Å². The molecule has 1 heterocycles. The highest BCUT2D eigenvalue weighted by Gasteiger charge is 2.18. The van der Waals surface area contributed by atoms with E-state index in [2.05, 4.69) is 20.9 Å². The maximum atomic E-state index is 13.3. The molecule has 0 radical (unpaired) electrons. The Hall–Kier alpha value is -3.63. The monoisotopic (exact) mass is 610 g/mol. The van der Waals surface area contributed by atoms with Crippen molar-refractivity contribution in [2.24, 2.45) is 0 Å². The molecule has 3 N–H and O–H groups in total. The molecule has 0 saturated heterocycles. The largest absolute Gasteiger partial charge is 0.321 e. The van der Waals surface area contributed by atoms with Crippen LogP contribution in [-0.4, -0.2) is 28.0 Å². The molecule has 0 fully saturated rings. The zero-order chi connectivity index (χ0) is 28.6. The number of nitrogens with zero attached hydrogens (tertiary/aromatic N) is 1. The number of hydrogen-bond acceptors (Lipinski definition) is 6. The number of benzene rings is 3. The number of hydrogen-bond donors (Lipinski definition) is 3. The predicted molar refractivity (Wildman–Crippen MR) is 164 cm³/mol. The molecule has 7 nitrogen and oxygen atoms in total. The highest BCUT2D eigenvalue weighted by atomic mass is 35.5. The van der Waals surface area contributed by atoms with Crippen LogP contribution >= 0.6 is 46.3 Å². The Labute approximate surface area is 250 Å². The van der Waals surface area contributed by atoms with Gasteiger partial charge in [-0.05, 0) is 68.0 Å². The van der Waals surface area contributed by atoms with Gasteiger partial charge in [0, 0.05) is 21.5 Å². The second-order valence-electron chi connectivity index (χ2n) is 8.54. The molecule has 4 rings (SSSR count). The number of thioether (sulfide) groups is 1.